The number of amides is 2. The smallest absolute Gasteiger partial charge is 0.337 e. The lowest BCUT2D eigenvalue weighted by molar-refractivity contribution is -0.120. The Bertz CT molecular complexity index is 3250. The van der Waals surface area contributed by atoms with E-state index in [2.05, 4.69) is 15.4 Å². The minimum Gasteiger partial charge on any atom is -0.470 e. The van der Waals surface area contributed by atoms with Crippen molar-refractivity contribution in [3.63, 3.8) is 0 Å². The number of esters is 1. The van der Waals surface area contributed by atoms with Gasteiger partial charge in [0, 0.05) is 30.5 Å². The first-order valence-corrected chi connectivity index (χ1v) is 22.8. The number of ether oxygens (including phenoxy) is 2. The second-order valence-electron chi connectivity index (χ2n) is 14.9. The highest BCUT2D eigenvalue weighted by Crippen LogP contribution is 2.34. The number of benzene rings is 5. The first-order valence-electron chi connectivity index (χ1n) is 20.5. The van der Waals surface area contributed by atoms with Crippen LogP contribution in [0.1, 0.15) is 56.5 Å². The van der Waals surface area contributed by atoms with Crippen molar-refractivity contribution < 1.29 is 37.1 Å². The molecule has 0 saturated carbocycles. The van der Waals surface area contributed by atoms with Crippen molar-refractivity contribution in [2.45, 2.75) is 37.7 Å². The topological polar surface area (TPSA) is 189 Å². The van der Waals surface area contributed by atoms with Crippen molar-refractivity contribution in [2.24, 2.45) is 7.05 Å². The zero-order chi connectivity index (χ0) is 47.3. The minimum absolute atomic E-state index is 0.00682. The van der Waals surface area contributed by atoms with Gasteiger partial charge in [-0.2, -0.15) is 0 Å². The Morgan fingerprint density at radius 2 is 1.39 bits per heavy atom. The van der Waals surface area contributed by atoms with Gasteiger partial charge in [-0.25, -0.2) is 13.2 Å². The Balaban J connectivity index is 1.44. The van der Waals surface area contributed by atoms with Crippen molar-refractivity contribution in [3.05, 3.63) is 170 Å². The molecule has 2 amide bonds. The number of para-hydroxylation sites is 2. The number of aryl methyl sites for hydroxylation is 1. The third-order valence-corrected chi connectivity index (χ3v) is 12.7. The largest absolute Gasteiger partial charge is 0.470 e. The number of unbranched alkanes of at least 4 members (excludes halogenated alkanes) is 1. The van der Waals surface area contributed by atoms with E-state index in [9.17, 15) is 27.6 Å². The summed E-state index contributed by atoms with van der Waals surface area (Å²) in [4.78, 5) is 71.0. The number of hydrogen-bond acceptors (Lipinski definition) is 10. The van der Waals surface area contributed by atoms with Crippen LogP contribution in [0.5, 0.6) is 5.75 Å². The maximum absolute atomic E-state index is 15.5. The van der Waals surface area contributed by atoms with Gasteiger partial charge < -0.3 is 24.7 Å². The Morgan fingerprint density at radius 1 is 0.803 bits per heavy atom. The summed E-state index contributed by atoms with van der Waals surface area (Å²) < 4.78 is 45.8. The number of Topliss-reactive ketones (excluding diaryl/α,β-unsaturated/α-hetero) is 1. The van der Waals surface area contributed by atoms with Gasteiger partial charge in [0.2, 0.25) is 11.9 Å². The van der Waals surface area contributed by atoms with Crippen LogP contribution in [0.3, 0.4) is 0 Å². The average molecular weight is 947 g/mol. The van der Waals surface area contributed by atoms with Crippen LogP contribution < -0.4 is 25.7 Å². The molecule has 2 heterocycles. The second kappa shape index (κ2) is 19.8. The van der Waals surface area contributed by atoms with Gasteiger partial charge in [-0.1, -0.05) is 79.5 Å². The molecule has 1 unspecified atom stereocenters. The fraction of sp³-hybridized carbons (Fsp3) is 0.167. The van der Waals surface area contributed by atoms with Gasteiger partial charge in [-0.15, -0.1) is 0 Å². The van der Waals surface area contributed by atoms with Crippen LogP contribution in [0.2, 0.25) is 5.02 Å². The maximum atomic E-state index is 15.5. The lowest BCUT2D eigenvalue weighted by atomic mass is 10.0. The second-order valence-corrected chi connectivity index (χ2v) is 17.4. The normalized spacial score (nSPS) is 11.7. The number of nitrogens with zero attached hydrogens (tertiary/aromatic N) is 3. The number of ketones is 1. The van der Waals surface area contributed by atoms with E-state index in [1.807, 2.05) is 13.0 Å². The van der Waals surface area contributed by atoms with Crippen molar-refractivity contribution in [3.8, 4) is 17.1 Å². The number of anilines is 2. The molecule has 5 aromatic carbocycles. The molecule has 0 aliphatic heterocycles. The zero-order valence-electron chi connectivity index (χ0n) is 36.0. The van der Waals surface area contributed by atoms with Crippen LogP contribution >= 0.6 is 23.8 Å². The van der Waals surface area contributed by atoms with Crippen LogP contribution in [-0.2, 0) is 26.6 Å². The molecule has 0 bridgehead atoms. The highest BCUT2D eigenvalue weighted by atomic mass is 35.5. The molecule has 7 rings (SSSR count). The average Bonchev–Trinajstić information content (AvgIpc) is 3.58. The first kappa shape index (κ1) is 46.6. The van der Waals surface area contributed by atoms with Gasteiger partial charge in [0.05, 0.1) is 50.6 Å². The van der Waals surface area contributed by atoms with Gasteiger partial charge in [-0.05, 0) is 98.4 Å². The van der Waals surface area contributed by atoms with Gasteiger partial charge in [-0.3, -0.25) is 33.0 Å². The predicted molar refractivity (Wildman–Crippen MR) is 255 cm³/mol. The molecule has 66 heavy (non-hydrogen) atoms. The molecule has 0 radical (unpaired) electrons. The van der Waals surface area contributed by atoms with Crippen LogP contribution in [0.4, 0.5) is 11.4 Å². The Kier molecular flexibility index (Phi) is 14.0. The number of nitrogens with one attached hydrogen (secondary N) is 3. The van der Waals surface area contributed by atoms with E-state index in [1.165, 1.54) is 59.2 Å². The number of methoxy groups -OCH3 is 1. The van der Waals surface area contributed by atoms with E-state index >= 15 is 4.79 Å². The molecule has 0 saturated heterocycles. The third kappa shape index (κ3) is 9.40. The summed E-state index contributed by atoms with van der Waals surface area (Å²) >= 11 is 12.6. The Hall–Kier alpha value is -7.34. The Labute approximate surface area is 389 Å². The maximum Gasteiger partial charge on any atom is 0.337 e. The van der Waals surface area contributed by atoms with Crippen molar-refractivity contribution in [1.29, 1.82) is 0 Å². The SMILES string of the molecule is CCCCNC(=O)c1ccc(Cl)c(NC(=O)C(Oc2ccc(C(=O)OC)cc2NS(=O)(=O)c2ccccc2)C(=O)c2c(C)n(C)c3c2c(=O)n(-c2ccccc2)c(=S)n3-c2ccccc2)c1. The molecular weight excluding hydrogens is 904 g/mol. The quantitative estimate of drug-likeness (QED) is 0.0280. The summed E-state index contributed by atoms with van der Waals surface area (Å²) in [5, 5.41) is 5.33. The van der Waals surface area contributed by atoms with Crippen LogP contribution in [0, 0.1) is 11.7 Å². The molecule has 338 valence electrons. The summed E-state index contributed by atoms with van der Waals surface area (Å²) in [5.41, 5.74) is 0.210. The molecule has 2 aromatic heterocycles. The fourth-order valence-corrected chi connectivity index (χ4v) is 8.87. The molecule has 0 fully saturated rings. The predicted octanol–water partition coefficient (Wildman–Crippen LogP) is 8.20. The lowest BCUT2D eigenvalue weighted by Gasteiger charge is -2.21. The molecule has 0 aliphatic rings. The van der Waals surface area contributed by atoms with E-state index in [-0.39, 0.29) is 65.2 Å². The number of rotatable bonds is 16. The molecule has 1 atom stereocenters. The number of hydrogen-bond donors (Lipinski definition) is 3. The van der Waals surface area contributed by atoms with E-state index in [0.29, 0.717) is 17.9 Å². The van der Waals surface area contributed by atoms with Crippen LogP contribution in [-0.4, -0.2) is 65.4 Å². The van der Waals surface area contributed by atoms with Gasteiger partial charge >= 0.3 is 5.97 Å². The fourth-order valence-electron chi connectivity index (χ4n) is 7.24. The molecule has 15 nitrogen and oxygen atoms in total. The lowest BCUT2D eigenvalue weighted by Crippen LogP contribution is -2.41. The summed E-state index contributed by atoms with van der Waals surface area (Å²) in [6, 6.07) is 32.7. The molecule has 3 N–H and O–H groups in total. The Morgan fingerprint density at radius 3 is 2.02 bits per heavy atom. The van der Waals surface area contributed by atoms with Crippen molar-refractivity contribution in [1.82, 2.24) is 19.0 Å². The van der Waals surface area contributed by atoms with E-state index in [1.54, 1.807) is 83.8 Å². The number of halogens is 1. The van der Waals surface area contributed by atoms with E-state index in [0.717, 1.165) is 26.0 Å². The minimum atomic E-state index is -4.38. The number of carbonyl (C=O) groups excluding carboxylic acids is 4. The molecule has 7 aromatic rings. The summed E-state index contributed by atoms with van der Waals surface area (Å²) in [6.45, 7) is 3.98. The number of sulfonamides is 1. The highest BCUT2D eigenvalue weighted by Gasteiger charge is 2.37. The van der Waals surface area contributed by atoms with Gasteiger partial charge in [0.25, 0.3) is 27.4 Å². The standard InChI is InChI=1S/C48H43ClN6O9S2/c1-5-6-26-50-43(57)30-22-24-35(49)36(27-30)51-44(58)42(64-38-25-23-31(47(60)63-4)28-37(38)52-66(61,62)34-20-14-9-15-21-34)41(56)39-29(2)53(3)45-40(39)46(59)55(33-18-12-8-13-19-33)48(65)54(45)32-16-10-7-11-17-32/h7-25,27-28,42,52H,5-6,26H2,1-4H3,(H,50,57)(H,51,58). The number of fused-ring (bicyclic) bond motifs is 1. The van der Waals surface area contributed by atoms with Crippen molar-refractivity contribution in [2.75, 3.05) is 23.7 Å². The highest BCUT2D eigenvalue weighted by molar-refractivity contribution is 7.92. The summed E-state index contributed by atoms with van der Waals surface area (Å²) in [7, 11) is -1.59. The summed E-state index contributed by atoms with van der Waals surface area (Å²) in [5.74, 6) is -3.77. The van der Waals surface area contributed by atoms with Crippen LogP contribution in [0.15, 0.2) is 137 Å². The number of carbonyl (C=O) groups is 4. The molecule has 0 aliphatic carbocycles. The molecule has 0 spiro atoms. The van der Waals surface area contributed by atoms with Crippen molar-refractivity contribution >= 4 is 79.8 Å². The number of aromatic nitrogens is 3. The van der Waals surface area contributed by atoms with E-state index in [4.69, 9.17) is 33.3 Å². The van der Waals surface area contributed by atoms with E-state index < -0.39 is 45.3 Å². The van der Waals surface area contributed by atoms with Gasteiger partial charge in [0.1, 0.15) is 11.4 Å². The zero-order valence-corrected chi connectivity index (χ0v) is 38.4. The van der Waals surface area contributed by atoms with Gasteiger partial charge in [0.15, 0.2) is 4.77 Å². The summed E-state index contributed by atoms with van der Waals surface area (Å²) in [6.07, 6.45) is -0.624. The molecule has 18 heteroatoms. The van der Waals surface area contributed by atoms with Crippen LogP contribution in [0.25, 0.3) is 22.4 Å². The monoisotopic (exact) mass is 946 g/mol. The first-order chi connectivity index (χ1) is 31.7. The third-order valence-electron chi connectivity index (χ3n) is 10.7. The molecular formula is C48H43ClN6O9S2.